The van der Waals surface area contributed by atoms with E-state index in [1.807, 2.05) is 0 Å². The maximum absolute atomic E-state index is 13.6. The van der Waals surface area contributed by atoms with Crippen LogP contribution >= 0.6 is 0 Å². The number of hydrogen-bond donors (Lipinski definition) is 1. The molecule has 0 saturated heterocycles. The zero-order chi connectivity index (χ0) is 14.3. The Morgan fingerprint density at radius 2 is 1.32 bits per heavy atom. The lowest BCUT2D eigenvalue weighted by atomic mass is 10.0. The van der Waals surface area contributed by atoms with Gasteiger partial charge in [0.05, 0.1) is 5.56 Å². The molecule has 1 heterocycles. The van der Waals surface area contributed by atoms with Crippen LogP contribution in [0.15, 0.2) is 12.1 Å². The van der Waals surface area contributed by atoms with Gasteiger partial charge in [-0.3, -0.25) is 0 Å². The molecule has 100 valence electrons. The first-order valence-corrected chi connectivity index (χ1v) is 5.09. The number of anilines is 1. The molecule has 0 atom stereocenters. The molecule has 1 aromatic heterocycles. The Kier molecular flexibility index (Phi) is 3.13. The minimum atomic E-state index is -2.19. The zero-order valence-corrected chi connectivity index (χ0v) is 9.57. The third kappa shape index (κ3) is 2.00. The molecule has 2 aromatic rings. The first-order chi connectivity index (χ1) is 8.84. The predicted molar refractivity (Wildman–Crippen MR) is 58.6 cm³/mol. The molecule has 2 rings (SSSR count). The van der Waals surface area contributed by atoms with Gasteiger partial charge in [0.2, 0.25) is 5.82 Å². The maximum atomic E-state index is 13.6. The first kappa shape index (κ1) is 13.3. The molecular formula is C12H7F5N2. The molecule has 19 heavy (non-hydrogen) atoms. The number of aromatic nitrogens is 1. The van der Waals surface area contributed by atoms with E-state index in [4.69, 9.17) is 5.73 Å². The third-order valence-corrected chi connectivity index (χ3v) is 2.59. The van der Waals surface area contributed by atoms with Crippen LogP contribution < -0.4 is 5.73 Å². The van der Waals surface area contributed by atoms with Gasteiger partial charge in [0, 0.05) is 11.3 Å². The number of halogens is 5. The van der Waals surface area contributed by atoms with Crippen molar-refractivity contribution in [2.24, 2.45) is 0 Å². The topological polar surface area (TPSA) is 38.9 Å². The molecule has 0 saturated carbocycles. The number of pyridine rings is 1. The molecule has 7 heteroatoms. The van der Waals surface area contributed by atoms with Crippen molar-refractivity contribution in [3.8, 4) is 11.1 Å². The molecule has 1 aromatic carbocycles. The van der Waals surface area contributed by atoms with E-state index in [0.29, 0.717) is 0 Å². The summed E-state index contributed by atoms with van der Waals surface area (Å²) in [7, 11) is 0. The molecule has 2 nitrogen and oxygen atoms in total. The fraction of sp³-hybridized carbons (Fsp3) is 0.0833. The van der Waals surface area contributed by atoms with Crippen LogP contribution in [0.2, 0.25) is 0 Å². The SMILES string of the molecule is Cc1nc(N)ccc1-c1c(F)c(F)c(F)c(F)c1F. The van der Waals surface area contributed by atoms with Crippen molar-refractivity contribution in [2.75, 3.05) is 5.73 Å². The highest BCUT2D eigenvalue weighted by atomic mass is 19.2. The highest BCUT2D eigenvalue weighted by molar-refractivity contribution is 5.68. The van der Waals surface area contributed by atoms with Gasteiger partial charge in [-0.25, -0.2) is 26.9 Å². The summed E-state index contributed by atoms with van der Waals surface area (Å²) in [6.45, 7) is 1.35. The number of nitrogens with two attached hydrogens (primary N) is 1. The zero-order valence-electron chi connectivity index (χ0n) is 9.57. The highest BCUT2D eigenvalue weighted by Crippen LogP contribution is 2.32. The molecule has 0 unspecified atom stereocenters. The van der Waals surface area contributed by atoms with Crippen LogP contribution in [0, 0.1) is 36.0 Å². The molecule has 0 amide bonds. The van der Waals surface area contributed by atoms with Crippen LogP contribution in [0.1, 0.15) is 5.69 Å². The van der Waals surface area contributed by atoms with Crippen LogP contribution in [-0.2, 0) is 0 Å². The molecule has 0 radical (unpaired) electrons. The fourth-order valence-electron chi connectivity index (χ4n) is 1.69. The summed E-state index contributed by atoms with van der Waals surface area (Å²) in [4.78, 5) is 3.72. The predicted octanol–water partition coefficient (Wildman–Crippen LogP) is 3.33. The molecule has 0 spiro atoms. The molecule has 0 aliphatic heterocycles. The fourth-order valence-corrected chi connectivity index (χ4v) is 1.69. The van der Waals surface area contributed by atoms with Gasteiger partial charge in [-0.2, -0.15) is 0 Å². The first-order valence-electron chi connectivity index (χ1n) is 5.09. The molecular weight excluding hydrogens is 267 g/mol. The number of nitrogens with zero attached hydrogens (tertiary/aromatic N) is 1. The van der Waals surface area contributed by atoms with Gasteiger partial charge < -0.3 is 5.73 Å². The third-order valence-electron chi connectivity index (χ3n) is 2.59. The average molecular weight is 274 g/mol. The van der Waals surface area contributed by atoms with Gasteiger partial charge in [-0.1, -0.05) is 0 Å². The summed E-state index contributed by atoms with van der Waals surface area (Å²) in [5.74, 6) is -9.91. The normalized spacial score (nSPS) is 10.8. The van der Waals surface area contributed by atoms with Gasteiger partial charge >= 0.3 is 0 Å². The van der Waals surface area contributed by atoms with Crippen molar-refractivity contribution >= 4 is 5.82 Å². The lowest BCUT2D eigenvalue weighted by molar-refractivity contribution is 0.381. The Bertz CT molecular complexity index is 641. The molecule has 0 fully saturated rings. The lowest BCUT2D eigenvalue weighted by Gasteiger charge is -2.10. The Labute approximate surface area is 104 Å². The van der Waals surface area contributed by atoms with E-state index in [2.05, 4.69) is 4.98 Å². The van der Waals surface area contributed by atoms with Gasteiger partial charge in [-0.05, 0) is 19.1 Å². The van der Waals surface area contributed by atoms with Crippen LogP contribution in [-0.4, -0.2) is 4.98 Å². The van der Waals surface area contributed by atoms with E-state index in [1.54, 1.807) is 0 Å². The van der Waals surface area contributed by atoms with Crippen molar-refractivity contribution in [1.29, 1.82) is 0 Å². The van der Waals surface area contributed by atoms with Gasteiger partial charge in [0.25, 0.3) is 0 Å². The Hall–Kier alpha value is -2.18. The highest BCUT2D eigenvalue weighted by Gasteiger charge is 2.27. The van der Waals surface area contributed by atoms with E-state index < -0.39 is 34.6 Å². The largest absolute Gasteiger partial charge is 0.384 e. The maximum Gasteiger partial charge on any atom is 0.200 e. The van der Waals surface area contributed by atoms with Crippen LogP contribution in [0.4, 0.5) is 27.8 Å². The van der Waals surface area contributed by atoms with Gasteiger partial charge in [0.15, 0.2) is 23.3 Å². The van der Waals surface area contributed by atoms with Crippen LogP contribution in [0.25, 0.3) is 11.1 Å². The molecule has 0 aliphatic carbocycles. The minimum Gasteiger partial charge on any atom is -0.384 e. The lowest BCUT2D eigenvalue weighted by Crippen LogP contribution is -2.05. The number of rotatable bonds is 1. The molecule has 0 aliphatic rings. The number of hydrogen-bond acceptors (Lipinski definition) is 2. The average Bonchev–Trinajstić information content (AvgIpc) is 2.37. The second-order valence-corrected chi connectivity index (χ2v) is 3.81. The number of benzene rings is 1. The number of nitrogen functional groups attached to an aromatic ring is 1. The standard InChI is InChI=1S/C12H7F5N2/c1-4-5(2-3-6(18)19-4)7-8(13)10(15)12(17)11(16)9(7)14/h2-3H,1H3,(H2,18,19). The second kappa shape index (κ2) is 4.49. The van der Waals surface area contributed by atoms with Crippen LogP contribution in [0.5, 0.6) is 0 Å². The number of aryl methyl sites for hydroxylation is 1. The Morgan fingerprint density at radius 1 is 0.842 bits per heavy atom. The summed E-state index contributed by atoms with van der Waals surface area (Å²) >= 11 is 0. The van der Waals surface area contributed by atoms with Crippen LogP contribution in [0.3, 0.4) is 0 Å². The summed E-state index contributed by atoms with van der Waals surface area (Å²) < 4.78 is 66.3. The molecule has 0 bridgehead atoms. The van der Waals surface area contributed by atoms with E-state index in [1.165, 1.54) is 13.0 Å². The van der Waals surface area contributed by atoms with Gasteiger partial charge in [0.1, 0.15) is 5.82 Å². The van der Waals surface area contributed by atoms with Crippen molar-refractivity contribution in [3.63, 3.8) is 0 Å². The van der Waals surface area contributed by atoms with Crippen molar-refractivity contribution in [1.82, 2.24) is 4.98 Å². The van der Waals surface area contributed by atoms with Gasteiger partial charge in [-0.15, -0.1) is 0 Å². The van der Waals surface area contributed by atoms with E-state index in [-0.39, 0.29) is 17.1 Å². The monoisotopic (exact) mass is 274 g/mol. The molecule has 2 N–H and O–H groups in total. The second-order valence-electron chi connectivity index (χ2n) is 3.81. The summed E-state index contributed by atoms with van der Waals surface area (Å²) in [6.07, 6.45) is 0. The Balaban J connectivity index is 2.83. The Morgan fingerprint density at radius 3 is 1.79 bits per heavy atom. The summed E-state index contributed by atoms with van der Waals surface area (Å²) in [6, 6.07) is 2.36. The van der Waals surface area contributed by atoms with Crippen molar-refractivity contribution in [2.45, 2.75) is 6.92 Å². The summed E-state index contributed by atoms with van der Waals surface area (Å²) in [5, 5.41) is 0. The van der Waals surface area contributed by atoms with E-state index >= 15 is 0 Å². The van der Waals surface area contributed by atoms with Crippen molar-refractivity contribution in [3.05, 3.63) is 46.9 Å². The van der Waals surface area contributed by atoms with E-state index in [0.717, 1.165) is 6.07 Å². The smallest absolute Gasteiger partial charge is 0.200 e. The minimum absolute atomic E-state index is 0.0585. The van der Waals surface area contributed by atoms with Crippen molar-refractivity contribution < 1.29 is 22.0 Å². The van der Waals surface area contributed by atoms with E-state index in [9.17, 15) is 22.0 Å². The quantitative estimate of drug-likeness (QED) is 0.492. The summed E-state index contributed by atoms with van der Waals surface area (Å²) in [5.41, 5.74) is 4.20.